The third-order valence-electron chi connectivity index (χ3n) is 3.21. The molecule has 0 bridgehead atoms. The number of hydrogen-bond acceptors (Lipinski definition) is 2. The molecule has 0 aliphatic carbocycles. The molecule has 2 rings (SSSR count). The third kappa shape index (κ3) is 5.27. The summed E-state index contributed by atoms with van der Waals surface area (Å²) in [5.74, 6) is -2.41. The molecule has 0 aromatic heterocycles. The van der Waals surface area contributed by atoms with E-state index < -0.39 is 17.5 Å². The van der Waals surface area contributed by atoms with Crippen LogP contribution in [0.15, 0.2) is 42.5 Å². The van der Waals surface area contributed by atoms with E-state index in [1.807, 2.05) is 24.3 Å². The van der Waals surface area contributed by atoms with Gasteiger partial charge in [0.05, 0.1) is 6.54 Å². The molecule has 0 unspecified atom stereocenters. The Balaban J connectivity index is 1.82. The molecule has 0 heterocycles. The highest BCUT2D eigenvalue weighted by molar-refractivity contribution is 7.80. The third-order valence-corrected chi connectivity index (χ3v) is 3.45. The molecule has 0 radical (unpaired) electrons. The van der Waals surface area contributed by atoms with E-state index in [-0.39, 0.29) is 12.2 Å². The van der Waals surface area contributed by atoms with Crippen molar-refractivity contribution in [3.8, 4) is 0 Å². The number of carbonyl (C=O) groups excluding carboxylic acids is 1. The lowest BCUT2D eigenvalue weighted by Crippen LogP contribution is -2.35. The summed E-state index contributed by atoms with van der Waals surface area (Å²) in [6, 6.07) is 10.9. The van der Waals surface area contributed by atoms with Gasteiger partial charge in [0.25, 0.3) is 0 Å². The highest BCUT2D eigenvalue weighted by atomic mass is 32.1. The molecule has 0 saturated carbocycles. The topological polar surface area (TPSA) is 53.2 Å². The van der Waals surface area contributed by atoms with Crippen LogP contribution in [-0.4, -0.2) is 17.6 Å². The van der Waals surface area contributed by atoms with Crippen molar-refractivity contribution in [1.29, 1.82) is 0 Å². The first kappa shape index (κ1) is 17.8. The minimum atomic E-state index is -1.02. The van der Waals surface area contributed by atoms with E-state index in [1.165, 1.54) is 11.6 Å². The Morgan fingerprint density at radius 3 is 2.50 bits per heavy atom. The van der Waals surface area contributed by atoms with E-state index >= 15 is 0 Å². The molecular formula is C17H17F2N3OS. The summed E-state index contributed by atoms with van der Waals surface area (Å²) in [5.41, 5.74) is 2.17. The molecule has 24 heavy (non-hydrogen) atoms. The molecule has 7 heteroatoms. The number of carbonyl (C=O) groups is 1. The smallest absolute Gasteiger partial charge is 0.243 e. The number of nitrogens with one attached hydrogen (secondary N) is 3. The zero-order valence-corrected chi connectivity index (χ0v) is 13.8. The fourth-order valence-corrected chi connectivity index (χ4v) is 2.17. The Kier molecular flexibility index (Phi) is 6.20. The SMILES string of the molecule is CCc1cccc(NC(=S)NCC(=O)Nc2ccc(F)c(F)c2)c1. The Morgan fingerprint density at radius 2 is 1.79 bits per heavy atom. The Labute approximate surface area is 144 Å². The molecule has 0 aliphatic heterocycles. The van der Waals surface area contributed by atoms with Crippen LogP contribution in [0.5, 0.6) is 0 Å². The second kappa shape index (κ2) is 8.35. The van der Waals surface area contributed by atoms with Crippen molar-refractivity contribution in [1.82, 2.24) is 5.32 Å². The molecule has 0 saturated heterocycles. The summed E-state index contributed by atoms with van der Waals surface area (Å²) in [6.45, 7) is 1.95. The van der Waals surface area contributed by atoms with Crippen LogP contribution in [0.3, 0.4) is 0 Å². The maximum Gasteiger partial charge on any atom is 0.243 e. The van der Waals surface area contributed by atoms with Gasteiger partial charge in [0.15, 0.2) is 16.7 Å². The van der Waals surface area contributed by atoms with Crippen molar-refractivity contribution in [3.63, 3.8) is 0 Å². The molecule has 0 spiro atoms. The number of benzene rings is 2. The van der Waals surface area contributed by atoms with Crippen LogP contribution >= 0.6 is 12.2 Å². The number of anilines is 2. The Hall–Kier alpha value is -2.54. The number of halogens is 2. The van der Waals surface area contributed by atoms with Crippen molar-refractivity contribution >= 4 is 34.6 Å². The summed E-state index contributed by atoms with van der Waals surface area (Å²) in [7, 11) is 0. The fourth-order valence-electron chi connectivity index (χ4n) is 1.98. The molecule has 4 nitrogen and oxygen atoms in total. The van der Waals surface area contributed by atoms with E-state index in [2.05, 4.69) is 22.9 Å². The number of thiocarbonyl (C=S) groups is 1. The molecule has 0 fully saturated rings. The highest BCUT2D eigenvalue weighted by Gasteiger charge is 2.07. The number of aryl methyl sites for hydroxylation is 1. The Morgan fingerprint density at radius 1 is 1.04 bits per heavy atom. The minimum Gasteiger partial charge on any atom is -0.353 e. The lowest BCUT2D eigenvalue weighted by molar-refractivity contribution is -0.115. The normalized spacial score (nSPS) is 10.1. The first-order valence-electron chi connectivity index (χ1n) is 7.36. The number of rotatable bonds is 5. The molecule has 1 amide bonds. The zero-order chi connectivity index (χ0) is 17.5. The van der Waals surface area contributed by atoms with E-state index in [0.717, 1.165) is 24.2 Å². The first-order chi connectivity index (χ1) is 11.5. The number of amides is 1. The second-order valence-corrected chi connectivity index (χ2v) is 5.45. The molecule has 3 N–H and O–H groups in total. The maximum atomic E-state index is 13.1. The van der Waals surface area contributed by atoms with Gasteiger partial charge in [0, 0.05) is 17.4 Å². The largest absolute Gasteiger partial charge is 0.353 e. The average molecular weight is 349 g/mol. The second-order valence-electron chi connectivity index (χ2n) is 5.04. The van der Waals surface area contributed by atoms with Gasteiger partial charge in [-0.05, 0) is 48.5 Å². The van der Waals surface area contributed by atoms with Gasteiger partial charge in [-0.2, -0.15) is 0 Å². The van der Waals surface area contributed by atoms with Crippen LogP contribution in [0, 0.1) is 11.6 Å². The highest BCUT2D eigenvalue weighted by Crippen LogP contribution is 2.13. The molecule has 2 aromatic carbocycles. The first-order valence-corrected chi connectivity index (χ1v) is 7.77. The van der Waals surface area contributed by atoms with Crippen LogP contribution in [0.25, 0.3) is 0 Å². The van der Waals surface area contributed by atoms with Crippen molar-refractivity contribution in [2.45, 2.75) is 13.3 Å². The number of hydrogen-bond donors (Lipinski definition) is 3. The van der Waals surface area contributed by atoms with Crippen molar-refractivity contribution in [3.05, 3.63) is 59.7 Å². The lowest BCUT2D eigenvalue weighted by atomic mass is 10.1. The van der Waals surface area contributed by atoms with Crippen LogP contribution in [0.1, 0.15) is 12.5 Å². The minimum absolute atomic E-state index is 0.0989. The van der Waals surface area contributed by atoms with Gasteiger partial charge in [0.2, 0.25) is 5.91 Å². The van der Waals surface area contributed by atoms with Crippen molar-refractivity contribution in [2.24, 2.45) is 0 Å². The molecule has 0 aliphatic rings. The monoisotopic (exact) mass is 349 g/mol. The molecule has 2 aromatic rings. The van der Waals surface area contributed by atoms with E-state index in [4.69, 9.17) is 12.2 Å². The standard InChI is InChI=1S/C17H17F2N3OS/c1-2-11-4-3-5-12(8-11)22-17(24)20-10-16(23)21-13-6-7-14(18)15(19)9-13/h3-9H,2,10H2,1H3,(H,21,23)(H2,20,22,24). The molecular weight excluding hydrogens is 332 g/mol. The quantitative estimate of drug-likeness (QED) is 0.724. The fraction of sp³-hybridized carbons (Fsp3) is 0.176. The zero-order valence-electron chi connectivity index (χ0n) is 13.0. The van der Waals surface area contributed by atoms with Crippen molar-refractivity contribution < 1.29 is 13.6 Å². The van der Waals surface area contributed by atoms with Crippen LogP contribution < -0.4 is 16.0 Å². The average Bonchev–Trinajstić information content (AvgIpc) is 2.56. The van der Waals surface area contributed by atoms with Gasteiger partial charge < -0.3 is 16.0 Å². The summed E-state index contributed by atoms with van der Waals surface area (Å²) in [6.07, 6.45) is 0.909. The summed E-state index contributed by atoms with van der Waals surface area (Å²) in [5, 5.41) is 8.49. The van der Waals surface area contributed by atoms with Crippen LogP contribution in [-0.2, 0) is 11.2 Å². The van der Waals surface area contributed by atoms with Gasteiger partial charge in [-0.25, -0.2) is 8.78 Å². The van der Waals surface area contributed by atoms with E-state index in [9.17, 15) is 13.6 Å². The van der Waals surface area contributed by atoms with Gasteiger partial charge in [0.1, 0.15) is 0 Å². The summed E-state index contributed by atoms with van der Waals surface area (Å²) >= 11 is 5.12. The summed E-state index contributed by atoms with van der Waals surface area (Å²) in [4.78, 5) is 11.8. The van der Waals surface area contributed by atoms with E-state index in [0.29, 0.717) is 5.11 Å². The van der Waals surface area contributed by atoms with Crippen LogP contribution in [0.4, 0.5) is 20.2 Å². The predicted molar refractivity (Wildman–Crippen MR) is 95.0 cm³/mol. The molecule has 126 valence electrons. The van der Waals surface area contributed by atoms with Gasteiger partial charge in [-0.15, -0.1) is 0 Å². The predicted octanol–water partition coefficient (Wildman–Crippen LogP) is 3.45. The lowest BCUT2D eigenvalue weighted by Gasteiger charge is -2.11. The van der Waals surface area contributed by atoms with Gasteiger partial charge >= 0.3 is 0 Å². The van der Waals surface area contributed by atoms with E-state index in [1.54, 1.807) is 0 Å². The van der Waals surface area contributed by atoms with Crippen molar-refractivity contribution in [2.75, 3.05) is 17.2 Å². The Bertz CT molecular complexity index is 752. The maximum absolute atomic E-state index is 13.1. The van der Waals surface area contributed by atoms with Crippen LogP contribution in [0.2, 0.25) is 0 Å². The molecule has 0 atom stereocenters. The van der Waals surface area contributed by atoms with Gasteiger partial charge in [-0.3, -0.25) is 4.79 Å². The van der Waals surface area contributed by atoms with Gasteiger partial charge in [-0.1, -0.05) is 19.1 Å². The summed E-state index contributed by atoms with van der Waals surface area (Å²) < 4.78 is 25.9.